The van der Waals surface area contributed by atoms with Gasteiger partial charge in [0.05, 0.1) is 5.25 Å². The van der Waals surface area contributed by atoms with E-state index in [2.05, 4.69) is 15.6 Å². The van der Waals surface area contributed by atoms with Crippen molar-refractivity contribution in [3.05, 3.63) is 60.3 Å². The van der Waals surface area contributed by atoms with Gasteiger partial charge in [0.2, 0.25) is 11.8 Å². The number of nitrogens with one attached hydrogen (secondary N) is 2. The van der Waals surface area contributed by atoms with Crippen LogP contribution in [0.4, 0.5) is 5.82 Å². The number of pyridine rings is 1. The molecule has 0 radical (unpaired) electrons. The molecular weight excluding hydrogens is 322 g/mol. The van der Waals surface area contributed by atoms with Crippen LogP contribution in [0.1, 0.15) is 18.9 Å². The van der Waals surface area contributed by atoms with E-state index in [1.54, 1.807) is 36.2 Å². The highest BCUT2D eigenvalue weighted by atomic mass is 32.2. The summed E-state index contributed by atoms with van der Waals surface area (Å²) >= 11 is 1.58. The Morgan fingerprint density at radius 1 is 1.12 bits per heavy atom. The van der Waals surface area contributed by atoms with Crippen molar-refractivity contribution in [1.29, 1.82) is 0 Å². The third-order valence-electron chi connectivity index (χ3n) is 3.30. The van der Waals surface area contributed by atoms with E-state index in [1.807, 2.05) is 37.3 Å². The predicted octanol–water partition coefficient (Wildman–Crippen LogP) is 2.85. The van der Waals surface area contributed by atoms with Crippen molar-refractivity contribution < 1.29 is 9.59 Å². The second kappa shape index (κ2) is 9.72. The van der Waals surface area contributed by atoms with E-state index in [1.165, 1.54) is 5.56 Å². The Hall–Kier alpha value is -2.34. The molecule has 0 unspecified atom stereocenters. The Morgan fingerprint density at radius 3 is 2.58 bits per heavy atom. The minimum atomic E-state index is -0.168. The smallest absolute Gasteiger partial charge is 0.232 e. The van der Waals surface area contributed by atoms with Gasteiger partial charge < -0.3 is 10.6 Å². The number of amides is 2. The highest BCUT2D eigenvalue weighted by molar-refractivity contribution is 7.99. The number of thioether (sulfide) groups is 1. The molecule has 0 aliphatic rings. The van der Waals surface area contributed by atoms with E-state index >= 15 is 0 Å². The summed E-state index contributed by atoms with van der Waals surface area (Å²) in [4.78, 5) is 27.8. The molecule has 2 rings (SSSR count). The maximum absolute atomic E-state index is 12.0. The summed E-state index contributed by atoms with van der Waals surface area (Å²) in [6.07, 6.45) is 1.83. The number of hydrogen-bond acceptors (Lipinski definition) is 4. The maximum Gasteiger partial charge on any atom is 0.232 e. The first-order chi connectivity index (χ1) is 11.6. The van der Waals surface area contributed by atoms with Crippen molar-refractivity contribution in [2.45, 2.75) is 24.3 Å². The molecule has 5 nitrogen and oxygen atoms in total. The molecule has 2 N–H and O–H groups in total. The average molecular weight is 343 g/mol. The van der Waals surface area contributed by atoms with Crippen LogP contribution < -0.4 is 10.6 Å². The predicted molar refractivity (Wildman–Crippen MR) is 97.7 cm³/mol. The van der Waals surface area contributed by atoms with Crippen LogP contribution in [0.3, 0.4) is 0 Å². The maximum atomic E-state index is 12.0. The number of carbonyl (C=O) groups excluding carboxylic acids is 2. The Bertz CT molecular complexity index is 650. The lowest BCUT2D eigenvalue weighted by molar-refractivity contribution is -0.120. The van der Waals surface area contributed by atoms with Gasteiger partial charge in [-0.2, -0.15) is 0 Å². The average Bonchev–Trinajstić information content (AvgIpc) is 2.61. The molecule has 2 amide bonds. The summed E-state index contributed by atoms with van der Waals surface area (Å²) in [5.74, 6) is 1.08. The van der Waals surface area contributed by atoms with E-state index < -0.39 is 0 Å². The first-order valence-electron chi connectivity index (χ1n) is 7.79. The molecule has 2 aromatic rings. The van der Waals surface area contributed by atoms with E-state index in [0.717, 1.165) is 5.75 Å². The van der Waals surface area contributed by atoms with Crippen LogP contribution in [-0.4, -0.2) is 28.6 Å². The topological polar surface area (TPSA) is 71.1 Å². The van der Waals surface area contributed by atoms with Crippen molar-refractivity contribution in [3.63, 3.8) is 0 Å². The lowest BCUT2D eigenvalue weighted by Crippen LogP contribution is -2.33. The minimum Gasteiger partial charge on any atom is -0.355 e. The van der Waals surface area contributed by atoms with Gasteiger partial charge in [-0.25, -0.2) is 4.98 Å². The van der Waals surface area contributed by atoms with Crippen LogP contribution in [0.5, 0.6) is 0 Å². The van der Waals surface area contributed by atoms with Crippen LogP contribution in [-0.2, 0) is 15.3 Å². The van der Waals surface area contributed by atoms with Crippen LogP contribution in [0.25, 0.3) is 0 Å². The van der Waals surface area contributed by atoms with Gasteiger partial charge in [-0.1, -0.05) is 36.4 Å². The van der Waals surface area contributed by atoms with Gasteiger partial charge in [-0.05, 0) is 24.6 Å². The quantitative estimate of drug-likeness (QED) is 0.773. The number of nitrogens with zero attached hydrogens (tertiary/aromatic N) is 1. The molecule has 24 heavy (non-hydrogen) atoms. The summed E-state index contributed by atoms with van der Waals surface area (Å²) < 4.78 is 0. The fraction of sp³-hybridized carbons (Fsp3) is 0.278. The summed E-state index contributed by atoms with van der Waals surface area (Å²) in [5, 5.41) is 5.32. The van der Waals surface area contributed by atoms with Crippen molar-refractivity contribution >= 4 is 29.4 Å². The van der Waals surface area contributed by atoms with Gasteiger partial charge in [0.25, 0.3) is 0 Å². The Labute approximate surface area is 146 Å². The molecule has 0 aliphatic carbocycles. The van der Waals surface area contributed by atoms with E-state index in [0.29, 0.717) is 12.4 Å². The standard InChI is InChI=1S/C18H21N3O2S/c1-14(24-13-15-7-3-2-4-8-15)18(23)20-12-10-17(22)21-16-9-5-6-11-19-16/h2-9,11,14H,10,12-13H2,1H3,(H,20,23)(H,19,21,22)/t14-/m1/s1. The van der Waals surface area contributed by atoms with E-state index in [4.69, 9.17) is 0 Å². The third kappa shape index (κ3) is 6.42. The molecule has 0 spiro atoms. The van der Waals surface area contributed by atoms with Crippen molar-refractivity contribution in [3.8, 4) is 0 Å². The summed E-state index contributed by atoms with van der Waals surface area (Å²) in [6, 6.07) is 15.3. The number of aromatic nitrogens is 1. The van der Waals surface area contributed by atoms with Crippen molar-refractivity contribution in [2.75, 3.05) is 11.9 Å². The van der Waals surface area contributed by atoms with Gasteiger partial charge in [0.15, 0.2) is 0 Å². The molecule has 1 aromatic carbocycles. The van der Waals surface area contributed by atoms with Crippen molar-refractivity contribution in [2.24, 2.45) is 0 Å². The normalized spacial score (nSPS) is 11.5. The highest BCUT2D eigenvalue weighted by Gasteiger charge is 2.13. The largest absolute Gasteiger partial charge is 0.355 e. The van der Waals surface area contributed by atoms with Gasteiger partial charge in [-0.3, -0.25) is 9.59 Å². The first kappa shape index (κ1) is 18.0. The molecule has 1 heterocycles. The molecule has 1 aromatic heterocycles. The third-order valence-corrected chi connectivity index (χ3v) is 4.51. The van der Waals surface area contributed by atoms with Gasteiger partial charge in [0, 0.05) is 24.9 Å². The fourth-order valence-corrected chi connectivity index (χ4v) is 2.83. The van der Waals surface area contributed by atoms with Gasteiger partial charge in [-0.15, -0.1) is 11.8 Å². The van der Waals surface area contributed by atoms with Crippen LogP contribution in [0.2, 0.25) is 0 Å². The Morgan fingerprint density at radius 2 is 1.88 bits per heavy atom. The van der Waals surface area contributed by atoms with Crippen LogP contribution in [0.15, 0.2) is 54.7 Å². The molecule has 0 fully saturated rings. The van der Waals surface area contributed by atoms with Crippen molar-refractivity contribution in [1.82, 2.24) is 10.3 Å². The molecule has 126 valence electrons. The lowest BCUT2D eigenvalue weighted by Gasteiger charge is -2.12. The number of rotatable bonds is 8. The zero-order valence-corrected chi connectivity index (χ0v) is 14.4. The fourth-order valence-electron chi connectivity index (χ4n) is 1.96. The molecule has 0 saturated heterocycles. The summed E-state index contributed by atoms with van der Waals surface area (Å²) in [7, 11) is 0. The molecule has 0 saturated carbocycles. The second-order valence-corrected chi connectivity index (χ2v) is 6.57. The summed E-state index contributed by atoms with van der Waals surface area (Å²) in [5.41, 5.74) is 1.19. The first-order valence-corrected chi connectivity index (χ1v) is 8.84. The molecular formula is C18H21N3O2S. The van der Waals surface area contributed by atoms with Gasteiger partial charge >= 0.3 is 0 Å². The number of carbonyl (C=O) groups is 2. The SMILES string of the molecule is C[C@@H](SCc1ccccc1)C(=O)NCCC(=O)Nc1ccccn1. The van der Waals surface area contributed by atoms with Gasteiger partial charge in [0.1, 0.15) is 5.82 Å². The highest BCUT2D eigenvalue weighted by Crippen LogP contribution is 2.17. The zero-order chi connectivity index (χ0) is 17.2. The molecule has 0 aliphatic heterocycles. The molecule has 1 atom stereocenters. The van der Waals surface area contributed by atoms with Crippen LogP contribution in [0, 0.1) is 0 Å². The Kier molecular flexibility index (Phi) is 7.29. The Balaban J connectivity index is 1.64. The lowest BCUT2D eigenvalue weighted by atomic mass is 10.2. The number of hydrogen-bond donors (Lipinski definition) is 2. The molecule has 0 bridgehead atoms. The minimum absolute atomic E-state index is 0.0541. The zero-order valence-electron chi connectivity index (χ0n) is 13.6. The second-order valence-electron chi connectivity index (χ2n) is 5.24. The molecule has 6 heteroatoms. The summed E-state index contributed by atoms with van der Waals surface area (Å²) in [6.45, 7) is 2.19. The van der Waals surface area contributed by atoms with E-state index in [9.17, 15) is 9.59 Å². The van der Waals surface area contributed by atoms with Crippen LogP contribution >= 0.6 is 11.8 Å². The number of benzene rings is 1. The monoisotopic (exact) mass is 343 g/mol. The van der Waals surface area contributed by atoms with E-state index in [-0.39, 0.29) is 23.5 Å². The number of anilines is 1.